The highest BCUT2D eigenvalue weighted by atomic mass is 16.5. The second kappa shape index (κ2) is 6.59. The number of hydrogen-bond acceptors (Lipinski definition) is 6. The monoisotopic (exact) mass is 344 g/mol. The maximum Gasteiger partial charge on any atom is 0.225 e. The quantitative estimate of drug-likeness (QED) is 0.808. The Bertz CT molecular complexity index is 744. The van der Waals surface area contributed by atoms with Crippen molar-refractivity contribution in [2.45, 2.75) is 38.9 Å². The topological polar surface area (TPSA) is 75.9 Å². The molecular formula is C17H24N6O2. The van der Waals surface area contributed by atoms with Crippen molar-refractivity contribution < 1.29 is 9.53 Å². The van der Waals surface area contributed by atoms with Crippen molar-refractivity contribution in [3.8, 4) is 0 Å². The zero-order chi connectivity index (χ0) is 17.4. The third kappa shape index (κ3) is 3.30. The maximum absolute atomic E-state index is 12.8. The van der Waals surface area contributed by atoms with E-state index in [-0.39, 0.29) is 24.0 Å². The van der Waals surface area contributed by atoms with Crippen molar-refractivity contribution in [3.63, 3.8) is 0 Å². The minimum atomic E-state index is 0.104. The van der Waals surface area contributed by atoms with E-state index >= 15 is 0 Å². The van der Waals surface area contributed by atoms with Gasteiger partial charge in [0.1, 0.15) is 12.1 Å². The highest BCUT2D eigenvalue weighted by Gasteiger charge is 2.32. The maximum atomic E-state index is 12.8. The summed E-state index contributed by atoms with van der Waals surface area (Å²) in [5, 5.41) is 12.4. The number of piperidine rings is 1. The first kappa shape index (κ1) is 16.3. The molecule has 2 atom stereocenters. The van der Waals surface area contributed by atoms with Crippen LogP contribution in [0.4, 0.5) is 5.82 Å². The number of ether oxygens (including phenoxy) is 1. The fourth-order valence-electron chi connectivity index (χ4n) is 3.86. The molecule has 2 fully saturated rings. The lowest BCUT2D eigenvalue weighted by Gasteiger charge is -2.39. The minimum absolute atomic E-state index is 0.104. The van der Waals surface area contributed by atoms with Gasteiger partial charge in [-0.25, -0.2) is 0 Å². The van der Waals surface area contributed by atoms with Crippen LogP contribution in [0, 0.1) is 5.92 Å². The average Bonchev–Trinajstić information content (AvgIpc) is 3.08. The number of morpholine rings is 1. The lowest BCUT2D eigenvalue weighted by atomic mass is 9.94. The van der Waals surface area contributed by atoms with Crippen LogP contribution in [-0.2, 0) is 9.53 Å². The molecule has 1 amide bonds. The molecule has 2 aromatic rings. The van der Waals surface area contributed by atoms with Crippen LogP contribution in [0.25, 0.3) is 5.65 Å². The van der Waals surface area contributed by atoms with E-state index in [0.717, 1.165) is 37.4 Å². The molecule has 25 heavy (non-hydrogen) atoms. The van der Waals surface area contributed by atoms with Crippen LogP contribution < -0.4 is 4.90 Å². The van der Waals surface area contributed by atoms with E-state index in [1.165, 1.54) is 0 Å². The highest BCUT2D eigenvalue weighted by molar-refractivity contribution is 5.79. The van der Waals surface area contributed by atoms with Crippen molar-refractivity contribution in [1.29, 1.82) is 0 Å². The third-order valence-corrected chi connectivity index (χ3v) is 5.05. The summed E-state index contributed by atoms with van der Waals surface area (Å²) < 4.78 is 7.42. The Morgan fingerprint density at radius 2 is 1.88 bits per heavy atom. The van der Waals surface area contributed by atoms with E-state index in [2.05, 4.69) is 20.2 Å². The SMILES string of the molecule is CC1CN(C(=O)C2CCN(c3ccc4nncn4n3)CC2)CC(C)O1. The summed E-state index contributed by atoms with van der Waals surface area (Å²) in [7, 11) is 0. The Morgan fingerprint density at radius 1 is 1.16 bits per heavy atom. The zero-order valence-corrected chi connectivity index (χ0v) is 14.7. The molecule has 0 bridgehead atoms. The van der Waals surface area contributed by atoms with Crippen molar-refractivity contribution in [2.75, 3.05) is 31.1 Å². The highest BCUT2D eigenvalue weighted by Crippen LogP contribution is 2.25. The molecule has 0 aromatic carbocycles. The molecule has 0 spiro atoms. The number of carbonyl (C=O) groups excluding carboxylic acids is 1. The number of fused-ring (bicyclic) bond motifs is 1. The number of aromatic nitrogens is 4. The van der Waals surface area contributed by atoms with Crippen molar-refractivity contribution in [3.05, 3.63) is 18.5 Å². The minimum Gasteiger partial charge on any atom is -0.372 e. The second-order valence-electron chi connectivity index (χ2n) is 7.09. The Balaban J connectivity index is 1.38. The van der Waals surface area contributed by atoms with Gasteiger partial charge in [0, 0.05) is 32.1 Å². The summed E-state index contributed by atoms with van der Waals surface area (Å²) in [6.45, 7) is 7.15. The Hall–Kier alpha value is -2.22. The molecule has 4 heterocycles. The van der Waals surface area contributed by atoms with Gasteiger partial charge in [-0.15, -0.1) is 15.3 Å². The number of nitrogens with zero attached hydrogens (tertiary/aromatic N) is 6. The number of rotatable bonds is 2. The Morgan fingerprint density at radius 3 is 2.60 bits per heavy atom. The summed E-state index contributed by atoms with van der Waals surface area (Å²) in [5.74, 6) is 1.29. The molecule has 2 aliphatic heterocycles. The lowest BCUT2D eigenvalue weighted by molar-refractivity contribution is -0.148. The molecule has 2 saturated heterocycles. The molecule has 0 saturated carbocycles. The molecule has 4 rings (SSSR count). The van der Waals surface area contributed by atoms with E-state index in [0.29, 0.717) is 13.1 Å². The smallest absolute Gasteiger partial charge is 0.225 e. The summed E-state index contributed by atoms with van der Waals surface area (Å²) in [5.41, 5.74) is 0.740. The van der Waals surface area contributed by atoms with Crippen molar-refractivity contribution in [2.24, 2.45) is 5.92 Å². The standard InChI is InChI=1S/C17H24N6O2/c1-12-9-22(10-13(2)25-12)17(24)14-5-7-21(8-6-14)16-4-3-15-19-18-11-23(15)20-16/h3-4,11-14H,5-10H2,1-2H3. The fourth-order valence-corrected chi connectivity index (χ4v) is 3.86. The number of carbonyl (C=O) groups is 1. The number of hydrogen-bond donors (Lipinski definition) is 0. The summed E-state index contributed by atoms with van der Waals surface area (Å²) in [4.78, 5) is 17.1. The van der Waals surface area contributed by atoms with Crippen LogP contribution in [-0.4, -0.2) is 69.0 Å². The lowest BCUT2D eigenvalue weighted by Crippen LogP contribution is -2.51. The molecular weight excluding hydrogens is 320 g/mol. The van der Waals surface area contributed by atoms with Gasteiger partial charge in [-0.1, -0.05) is 0 Å². The predicted octanol–water partition coefficient (Wildman–Crippen LogP) is 0.977. The molecule has 134 valence electrons. The molecule has 0 aliphatic carbocycles. The first-order valence-electron chi connectivity index (χ1n) is 8.96. The molecule has 0 N–H and O–H groups in total. The predicted molar refractivity (Wildman–Crippen MR) is 92.3 cm³/mol. The van der Waals surface area contributed by atoms with Gasteiger partial charge in [0.2, 0.25) is 5.91 Å². The van der Waals surface area contributed by atoms with Crippen LogP contribution >= 0.6 is 0 Å². The van der Waals surface area contributed by atoms with Crippen LogP contribution in [0.1, 0.15) is 26.7 Å². The number of amides is 1. The summed E-state index contributed by atoms with van der Waals surface area (Å²) >= 11 is 0. The van der Waals surface area contributed by atoms with Gasteiger partial charge >= 0.3 is 0 Å². The number of anilines is 1. The zero-order valence-electron chi connectivity index (χ0n) is 14.7. The second-order valence-corrected chi connectivity index (χ2v) is 7.09. The van der Waals surface area contributed by atoms with E-state index < -0.39 is 0 Å². The van der Waals surface area contributed by atoms with E-state index in [1.54, 1.807) is 10.8 Å². The fraction of sp³-hybridized carbons (Fsp3) is 0.647. The van der Waals surface area contributed by atoms with Crippen LogP contribution in [0.2, 0.25) is 0 Å². The van der Waals surface area contributed by atoms with Crippen molar-refractivity contribution >= 4 is 17.4 Å². The first-order chi connectivity index (χ1) is 12.1. The normalized spacial score (nSPS) is 25.5. The first-order valence-corrected chi connectivity index (χ1v) is 8.96. The molecule has 2 aromatic heterocycles. The van der Waals surface area contributed by atoms with Crippen LogP contribution in [0.15, 0.2) is 18.5 Å². The Labute approximate surface area is 146 Å². The molecule has 8 nitrogen and oxygen atoms in total. The van der Waals surface area contributed by atoms with Crippen LogP contribution in [0.3, 0.4) is 0 Å². The van der Waals surface area contributed by atoms with E-state index in [9.17, 15) is 4.79 Å². The van der Waals surface area contributed by atoms with Crippen molar-refractivity contribution in [1.82, 2.24) is 24.7 Å². The van der Waals surface area contributed by atoms with Gasteiger partial charge < -0.3 is 14.5 Å². The van der Waals surface area contributed by atoms with Gasteiger partial charge in [-0.2, -0.15) is 4.52 Å². The van der Waals surface area contributed by atoms with Gasteiger partial charge in [0.25, 0.3) is 0 Å². The van der Waals surface area contributed by atoms with E-state index in [4.69, 9.17) is 4.74 Å². The van der Waals surface area contributed by atoms with Crippen LogP contribution in [0.5, 0.6) is 0 Å². The molecule has 2 unspecified atom stereocenters. The van der Waals surface area contributed by atoms with Gasteiger partial charge in [0.05, 0.1) is 12.2 Å². The molecule has 2 aliphatic rings. The summed E-state index contributed by atoms with van der Waals surface area (Å²) in [6.07, 6.45) is 3.57. The summed E-state index contributed by atoms with van der Waals surface area (Å²) in [6, 6.07) is 3.89. The molecule has 8 heteroatoms. The largest absolute Gasteiger partial charge is 0.372 e. The van der Waals surface area contributed by atoms with E-state index in [1.807, 2.05) is 30.9 Å². The van der Waals surface area contributed by atoms with Gasteiger partial charge in [0.15, 0.2) is 5.65 Å². The Kier molecular flexibility index (Phi) is 4.29. The molecule has 0 radical (unpaired) electrons. The van der Waals surface area contributed by atoms with Gasteiger partial charge in [-0.05, 0) is 38.8 Å². The third-order valence-electron chi connectivity index (χ3n) is 5.05. The van der Waals surface area contributed by atoms with Gasteiger partial charge in [-0.3, -0.25) is 4.79 Å². The average molecular weight is 344 g/mol.